The Kier molecular flexibility index (Phi) is 5.12. The van der Waals surface area contributed by atoms with Crippen LogP contribution in [0.15, 0.2) is 106 Å². The molecule has 2 aromatic rings. The summed E-state index contributed by atoms with van der Waals surface area (Å²) in [5.41, 5.74) is 6.05. The van der Waals surface area contributed by atoms with E-state index in [2.05, 4.69) is 114 Å². The first-order valence-corrected chi connectivity index (χ1v) is 12.8. The monoisotopic (exact) mass is 396 g/mol. The van der Waals surface area contributed by atoms with E-state index in [9.17, 15) is 0 Å². The highest BCUT2D eigenvalue weighted by atomic mass is 28.3. The minimum absolute atomic E-state index is 0.508. The van der Waals surface area contributed by atoms with Gasteiger partial charge in [-0.25, -0.2) is 0 Å². The van der Waals surface area contributed by atoms with E-state index in [1.165, 1.54) is 21.5 Å². The average Bonchev–Trinajstić information content (AvgIpc) is 3.13. The van der Waals surface area contributed by atoms with Crippen LogP contribution in [0.3, 0.4) is 0 Å². The Balaban J connectivity index is 2.21. The highest BCUT2D eigenvalue weighted by Gasteiger charge is 2.49. The Bertz CT molecular complexity index is 961. The lowest BCUT2D eigenvalue weighted by atomic mass is 10.1. The van der Waals surface area contributed by atoms with E-state index in [-0.39, 0.29) is 0 Å². The quantitative estimate of drug-likeness (QED) is 0.544. The molecule has 29 heavy (non-hydrogen) atoms. The van der Waals surface area contributed by atoms with Gasteiger partial charge in [0, 0.05) is 0 Å². The fraction of sp³-hybridized carbons (Fsp3) is 0.286. The Morgan fingerprint density at radius 2 is 0.897 bits per heavy atom. The molecule has 2 aliphatic carbocycles. The van der Waals surface area contributed by atoms with E-state index in [4.69, 9.17) is 0 Å². The second-order valence-corrected chi connectivity index (χ2v) is 12.5. The van der Waals surface area contributed by atoms with E-state index < -0.39 is 8.07 Å². The first-order valence-electron chi connectivity index (χ1n) is 10.8. The van der Waals surface area contributed by atoms with Gasteiger partial charge in [0.25, 0.3) is 0 Å². The van der Waals surface area contributed by atoms with Gasteiger partial charge in [0.15, 0.2) is 8.07 Å². The minimum Gasteiger partial charge on any atom is -0.0748 e. The molecule has 148 valence electrons. The van der Waals surface area contributed by atoms with Gasteiger partial charge in [0.05, 0.1) is 0 Å². The summed E-state index contributed by atoms with van der Waals surface area (Å²) in [4.78, 5) is 0. The fourth-order valence-corrected chi connectivity index (χ4v) is 11.8. The molecule has 0 saturated heterocycles. The van der Waals surface area contributed by atoms with Gasteiger partial charge in [0.2, 0.25) is 0 Å². The van der Waals surface area contributed by atoms with Crippen LogP contribution in [-0.2, 0) is 0 Å². The van der Waals surface area contributed by atoms with Crippen LogP contribution in [0.2, 0.25) is 0 Å². The molecule has 0 bridgehead atoms. The third-order valence-electron chi connectivity index (χ3n) is 7.11. The summed E-state index contributed by atoms with van der Waals surface area (Å²) < 4.78 is 0. The Morgan fingerprint density at radius 1 is 0.552 bits per heavy atom. The van der Waals surface area contributed by atoms with Crippen LogP contribution in [0.5, 0.6) is 0 Å². The van der Waals surface area contributed by atoms with Crippen LogP contribution in [-0.4, -0.2) is 8.07 Å². The van der Waals surface area contributed by atoms with Gasteiger partial charge < -0.3 is 0 Å². The Hall–Kier alpha value is -2.38. The molecule has 0 spiro atoms. The van der Waals surface area contributed by atoms with Crippen LogP contribution in [0, 0.1) is 11.8 Å². The van der Waals surface area contributed by atoms with Gasteiger partial charge in [0.1, 0.15) is 0 Å². The first-order chi connectivity index (χ1) is 13.9. The summed E-state index contributed by atoms with van der Waals surface area (Å²) in [6, 6.07) is 22.7. The molecule has 0 saturated carbocycles. The summed E-state index contributed by atoms with van der Waals surface area (Å²) in [6.45, 7) is 14.1. The highest BCUT2D eigenvalue weighted by Crippen LogP contribution is 2.45. The summed E-state index contributed by atoms with van der Waals surface area (Å²) in [6.07, 6.45) is 4.96. The molecule has 0 fully saturated rings. The lowest BCUT2D eigenvalue weighted by molar-refractivity contribution is 0.876. The van der Waals surface area contributed by atoms with Crippen LogP contribution in [0.25, 0.3) is 0 Å². The van der Waals surface area contributed by atoms with Crippen molar-refractivity contribution in [2.24, 2.45) is 11.8 Å². The second kappa shape index (κ2) is 7.46. The molecule has 4 rings (SSSR count). The Morgan fingerprint density at radius 3 is 1.17 bits per heavy atom. The van der Waals surface area contributed by atoms with E-state index in [0.717, 1.165) is 0 Å². The van der Waals surface area contributed by atoms with Crippen molar-refractivity contribution in [2.75, 3.05) is 0 Å². The molecule has 0 N–H and O–H groups in total. The molecule has 0 heterocycles. The predicted octanol–water partition coefficient (Wildman–Crippen LogP) is 6.15. The van der Waals surface area contributed by atoms with Crippen molar-refractivity contribution < 1.29 is 0 Å². The molecular weight excluding hydrogens is 364 g/mol. The zero-order valence-electron chi connectivity index (χ0n) is 18.6. The van der Waals surface area contributed by atoms with Crippen molar-refractivity contribution in [1.82, 2.24) is 0 Å². The summed E-state index contributed by atoms with van der Waals surface area (Å²) in [5, 5.41) is 6.24. The van der Waals surface area contributed by atoms with Crippen molar-refractivity contribution in [1.29, 1.82) is 0 Å². The zero-order chi connectivity index (χ0) is 20.8. The molecular formula is C28H32Si. The molecule has 2 aliphatic rings. The molecule has 1 heteroatoms. The van der Waals surface area contributed by atoms with Crippen LogP contribution in [0.1, 0.15) is 41.5 Å². The maximum Gasteiger partial charge on any atom is 0.180 e. The molecule has 2 atom stereocenters. The molecule has 0 aliphatic heterocycles. The van der Waals surface area contributed by atoms with Gasteiger partial charge in [-0.15, -0.1) is 0 Å². The van der Waals surface area contributed by atoms with Crippen molar-refractivity contribution >= 4 is 18.4 Å². The van der Waals surface area contributed by atoms with Crippen molar-refractivity contribution in [2.45, 2.75) is 41.5 Å². The lowest BCUT2D eigenvalue weighted by Crippen LogP contribution is -2.62. The normalized spacial score (nSPS) is 22.3. The second-order valence-electron chi connectivity index (χ2n) is 8.87. The molecule has 0 nitrogen and oxygen atoms in total. The zero-order valence-corrected chi connectivity index (χ0v) is 19.6. The summed E-state index contributed by atoms with van der Waals surface area (Å²) in [5.74, 6) is 1.02. The van der Waals surface area contributed by atoms with Crippen molar-refractivity contribution in [3.63, 3.8) is 0 Å². The summed E-state index contributed by atoms with van der Waals surface area (Å²) >= 11 is 0. The maximum absolute atomic E-state index is 2.48. The smallest absolute Gasteiger partial charge is 0.0748 e. The first kappa shape index (κ1) is 19.9. The van der Waals surface area contributed by atoms with E-state index >= 15 is 0 Å². The van der Waals surface area contributed by atoms with Gasteiger partial charge in [-0.2, -0.15) is 0 Å². The third-order valence-corrected chi connectivity index (χ3v) is 12.6. The topological polar surface area (TPSA) is 0 Å². The van der Waals surface area contributed by atoms with Gasteiger partial charge in [-0.3, -0.25) is 0 Å². The van der Waals surface area contributed by atoms with Gasteiger partial charge in [-0.1, -0.05) is 109 Å². The Labute approximate surface area is 177 Å². The third kappa shape index (κ3) is 2.95. The molecule has 0 aromatic heterocycles. The predicted molar refractivity (Wildman–Crippen MR) is 129 cm³/mol. The van der Waals surface area contributed by atoms with Crippen LogP contribution < -0.4 is 10.4 Å². The van der Waals surface area contributed by atoms with E-state index in [1.54, 1.807) is 21.5 Å². The standard InChI is InChI=1S/C28H32Si/c1-19-17-21(3)27(23(19)5)29(25-13-9-7-10-14-25,26-15-11-8-12-16-26)28-22(4)18-20(2)24(28)6/h7-20H,1-6H3. The molecule has 2 unspecified atom stereocenters. The van der Waals surface area contributed by atoms with E-state index in [0.29, 0.717) is 11.8 Å². The van der Waals surface area contributed by atoms with Crippen molar-refractivity contribution in [3.05, 3.63) is 106 Å². The number of benzene rings is 2. The van der Waals surface area contributed by atoms with Crippen LogP contribution in [0.4, 0.5) is 0 Å². The number of hydrogen-bond acceptors (Lipinski definition) is 0. The highest BCUT2D eigenvalue weighted by molar-refractivity contribution is 7.13. The van der Waals surface area contributed by atoms with Crippen LogP contribution >= 0.6 is 0 Å². The molecule has 2 aromatic carbocycles. The number of allylic oxidation sites excluding steroid dienone is 8. The SMILES string of the molecule is CC1=CC(C)C(C)=C1[Si](C1=C(C)C(C)C=C1C)(c1ccccc1)c1ccccc1. The van der Waals surface area contributed by atoms with Crippen molar-refractivity contribution in [3.8, 4) is 0 Å². The summed E-state index contributed by atoms with van der Waals surface area (Å²) in [7, 11) is -2.39. The number of rotatable bonds is 4. The molecule has 0 amide bonds. The van der Waals surface area contributed by atoms with E-state index in [1.807, 2.05) is 0 Å². The molecule has 0 radical (unpaired) electrons. The fourth-order valence-electron chi connectivity index (χ4n) is 5.67. The minimum atomic E-state index is -2.39. The number of hydrogen-bond donors (Lipinski definition) is 0. The average molecular weight is 397 g/mol. The lowest BCUT2D eigenvalue weighted by Gasteiger charge is -2.39. The maximum atomic E-state index is 2.48. The van der Waals surface area contributed by atoms with Gasteiger partial charge >= 0.3 is 0 Å². The van der Waals surface area contributed by atoms with Gasteiger partial charge in [-0.05, 0) is 60.3 Å². The largest absolute Gasteiger partial charge is 0.180 e.